The predicted octanol–water partition coefficient (Wildman–Crippen LogP) is 3.76. The maximum Gasteiger partial charge on any atom is 0.433 e. The number of rotatable bonds is 3. The van der Waals surface area contributed by atoms with E-state index in [0.29, 0.717) is 10.9 Å². The fraction of sp³-hybridized carbons (Fsp3) is 0.125. The zero-order valence-corrected chi connectivity index (χ0v) is 13.7. The Hall–Kier alpha value is -2.68. The van der Waals surface area contributed by atoms with E-state index < -0.39 is 26.9 Å². The lowest BCUT2D eigenvalue weighted by Crippen LogP contribution is -2.19. The van der Waals surface area contributed by atoms with E-state index >= 15 is 0 Å². The minimum Gasteiger partial charge on any atom is -0.276 e. The molecule has 0 amide bonds. The number of halogens is 3. The van der Waals surface area contributed by atoms with Gasteiger partial charge in [-0.15, -0.1) is 0 Å². The molecule has 1 aromatic carbocycles. The number of hydrogen-bond acceptors (Lipinski definition) is 4. The highest BCUT2D eigenvalue weighted by Crippen LogP contribution is 2.30. The summed E-state index contributed by atoms with van der Waals surface area (Å²) in [5.74, 6) is 0. The number of nitrogens with one attached hydrogen (secondary N) is 1. The van der Waals surface area contributed by atoms with Crippen molar-refractivity contribution in [2.75, 3.05) is 4.72 Å². The third kappa shape index (κ3) is 3.41. The van der Waals surface area contributed by atoms with Gasteiger partial charge in [0.2, 0.25) is 0 Å². The molecule has 130 valence electrons. The van der Waals surface area contributed by atoms with Crippen molar-refractivity contribution < 1.29 is 21.6 Å². The van der Waals surface area contributed by atoms with Gasteiger partial charge in [-0.2, -0.15) is 21.6 Å². The van der Waals surface area contributed by atoms with E-state index in [1.807, 2.05) is 0 Å². The number of hydrogen-bond donors (Lipinski definition) is 1. The van der Waals surface area contributed by atoms with E-state index in [2.05, 4.69) is 14.7 Å². The van der Waals surface area contributed by atoms with Gasteiger partial charge in [-0.3, -0.25) is 9.71 Å². The van der Waals surface area contributed by atoms with Gasteiger partial charge in [-0.25, -0.2) is 4.98 Å². The average molecular weight is 367 g/mol. The van der Waals surface area contributed by atoms with Crippen molar-refractivity contribution in [2.45, 2.75) is 18.1 Å². The standard InChI is InChI=1S/C16H12F3N3O2S/c1-10-7-8-13(16(17,18)19)21-15(10)25(23,24)22-12-6-2-4-11-5-3-9-20-14(11)12/h2-9,22H,1H3. The Morgan fingerprint density at radius 1 is 1.04 bits per heavy atom. The molecule has 25 heavy (non-hydrogen) atoms. The van der Waals surface area contributed by atoms with Gasteiger partial charge in [0.25, 0.3) is 10.0 Å². The number of fused-ring (bicyclic) bond motifs is 1. The first-order valence-corrected chi connectivity index (χ1v) is 8.58. The van der Waals surface area contributed by atoms with Gasteiger partial charge in [-0.1, -0.05) is 24.3 Å². The quantitative estimate of drug-likeness (QED) is 0.765. The number of nitrogens with zero attached hydrogens (tertiary/aromatic N) is 2. The van der Waals surface area contributed by atoms with E-state index in [1.165, 1.54) is 19.2 Å². The highest BCUT2D eigenvalue weighted by Gasteiger charge is 2.34. The van der Waals surface area contributed by atoms with Crippen LogP contribution in [0, 0.1) is 6.92 Å². The molecule has 0 radical (unpaired) electrons. The molecule has 0 saturated heterocycles. The molecule has 9 heteroatoms. The normalized spacial score (nSPS) is 12.3. The Morgan fingerprint density at radius 3 is 2.48 bits per heavy atom. The third-order valence-corrected chi connectivity index (χ3v) is 4.88. The smallest absolute Gasteiger partial charge is 0.276 e. The van der Waals surface area contributed by atoms with Gasteiger partial charge in [0.1, 0.15) is 5.69 Å². The lowest BCUT2D eigenvalue weighted by molar-refractivity contribution is -0.141. The Morgan fingerprint density at radius 2 is 1.76 bits per heavy atom. The topological polar surface area (TPSA) is 72.0 Å². The molecule has 3 rings (SSSR count). The van der Waals surface area contributed by atoms with Gasteiger partial charge in [0, 0.05) is 11.6 Å². The van der Waals surface area contributed by atoms with E-state index in [9.17, 15) is 21.6 Å². The number of sulfonamides is 1. The third-order valence-electron chi connectivity index (χ3n) is 3.47. The lowest BCUT2D eigenvalue weighted by Gasteiger charge is -2.13. The fourth-order valence-electron chi connectivity index (χ4n) is 2.32. The summed E-state index contributed by atoms with van der Waals surface area (Å²) in [5, 5.41) is 0.0201. The second-order valence-corrected chi connectivity index (χ2v) is 6.90. The Kier molecular flexibility index (Phi) is 4.11. The van der Waals surface area contributed by atoms with Crippen molar-refractivity contribution in [1.29, 1.82) is 0 Å². The van der Waals surface area contributed by atoms with Crippen LogP contribution in [-0.2, 0) is 16.2 Å². The Labute approximate surface area is 141 Å². The summed E-state index contributed by atoms with van der Waals surface area (Å²) in [6, 6.07) is 10.1. The average Bonchev–Trinajstić information content (AvgIpc) is 2.54. The van der Waals surface area contributed by atoms with Crippen LogP contribution in [0.2, 0.25) is 0 Å². The van der Waals surface area contributed by atoms with Gasteiger partial charge in [-0.05, 0) is 30.7 Å². The van der Waals surface area contributed by atoms with Crippen molar-refractivity contribution in [1.82, 2.24) is 9.97 Å². The minimum atomic E-state index is -4.74. The molecule has 0 atom stereocenters. The fourth-order valence-corrected chi connectivity index (χ4v) is 3.58. The second kappa shape index (κ2) is 5.99. The zero-order chi connectivity index (χ0) is 18.2. The van der Waals surface area contributed by atoms with Crippen LogP contribution in [0.25, 0.3) is 10.9 Å². The summed E-state index contributed by atoms with van der Waals surface area (Å²) in [4.78, 5) is 7.41. The molecule has 2 heterocycles. The van der Waals surface area contributed by atoms with Crippen LogP contribution < -0.4 is 4.72 Å². The Bertz CT molecular complexity index is 1040. The maximum absolute atomic E-state index is 12.8. The van der Waals surface area contributed by atoms with Gasteiger partial charge >= 0.3 is 6.18 Å². The van der Waals surface area contributed by atoms with Crippen LogP contribution in [-0.4, -0.2) is 18.4 Å². The molecular formula is C16H12F3N3O2S. The number of aromatic nitrogens is 2. The van der Waals surface area contributed by atoms with Crippen LogP contribution >= 0.6 is 0 Å². The van der Waals surface area contributed by atoms with Crippen LogP contribution in [0.5, 0.6) is 0 Å². The zero-order valence-electron chi connectivity index (χ0n) is 12.9. The number of alkyl halides is 3. The maximum atomic E-state index is 12.8. The summed E-state index contributed by atoms with van der Waals surface area (Å²) < 4.78 is 65.9. The van der Waals surface area contributed by atoms with Crippen LogP contribution in [0.1, 0.15) is 11.3 Å². The summed E-state index contributed by atoms with van der Waals surface area (Å²) >= 11 is 0. The van der Waals surface area contributed by atoms with E-state index in [4.69, 9.17) is 0 Å². The SMILES string of the molecule is Cc1ccc(C(F)(F)F)nc1S(=O)(=O)Nc1cccc2cccnc12. The van der Waals surface area contributed by atoms with Gasteiger partial charge in [0.05, 0.1) is 11.2 Å². The van der Waals surface area contributed by atoms with E-state index in [0.717, 1.165) is 12.1 Å². The van der Waals surface area contributed by atoms with Crippen molar-refractivity contribution in [3.05, 3.63) is 59.9 Å². The van der Waals surface area contributed by atoms with Gasteiger partial charge < -0.3 is 0 Å². The second-order valence-electron chi connectivity index (χ2n) is 5.30. The molecule has 0 fully saturated rings. The molecule has 0 spiro atoms. The number of para-hydroxylation sites is 1. The summed E-state index contributed by atoms with van der Waals surface area (Å²) in [6.45, 7) is 1.38. The minimum absolute atomic E-state index is 0.105. The largest absolute Gasteiger partial charge is 0.433 e. The molecule has 0 aliphatic heterocycles. The molecule has 3 aromatic rings. The van der Waals surface area contributed by atoms with Gasteiger partial charge in [0.15, 0.2) is 5.03 Å². The molecule has 5 nitrogen and oxygen atoms in total. The molecule has 0 aliphatic carbocycles. The molecule has 0 bridgehead atoms. The van der Waals surface area contributed by atoms with Crippen molar-refractivity contribution in [3.8, 4) is 0 Å². The first kappa shape index (κ1) is 17.2. The number of pyridine rings is 2. The first-order chi connectivity index (χ1) is 11.7. The molecule has 0 unspecified atom stereocenters. The Balaban J connectivity index is 2.08. The van der Waals surface area contributed by atoms with Crippen molar-refractivity contribution in [3.63, 3.8) is 0 Å². The first-order valence-electron chi connectivity index (χ1n) is 7.10. The summed E-state index contributed by atoms with van der Waals surface area (Å²) in [5.41, 5.74) is -0.613. The number of anilines is 1. The molecular weight excluding hydrogens is 355 g/mol. The van der Waals surface area contributed by atoms with E-state index in [1.54, 1.807) is 24.3 Å². The van der Waals surface area contributed by atoms with E-state index in [-0.39, 0.29) is 11.3 Å². The van der Waals surface area contributed by atoms with Crippen LogP contribution in [0.4, 0.5) is 18.9 Å². The van der Waals surface area contributed by atoms with Crippen molar-refractivity contribution >= 4 is 26.6 Å². The molecule has 0 aliphatic rings. The predicted molar refractivity (Wildman–Crippen MR) is 86.5 cm³/mol. The van der Waals surface area contributed by atoms with Crippen LogP contribution in [0.3, 0.4) is 0 Å². The highest BCUT2D eigenvalue weighted by atomic mass is 32.2. The molecule has 2 aromatic heterocycles. The summed E-state index contributed by atoms with van der Waals surface area (Å²) in [6.07, 6.45) is -3.24. The monoisotopic (exact) mass is 367 g/mol. The lowest BCUT2D eigenvalue weighted by atomic mass is 10.2. The highest BCUT2D eigenvalue weighted by molar-refractivity contribution is 7.92. The van der Waals surface area contributed by atoms with Crippen LogP contribution in [0.15, 0.2) is 53.7 Å². The molecule has 1 N–H and O–H groups in total. The number of aryl methyl sites for hydroxylation is 1. The number of benzene rings is 1. The summed E-state index contributed by atoms with van der Waals surface area (Å²) in [7, 11) is -4.32. The van der Waals surface area contributed by atoms with Crippen molar-refractivity contribution in [2.24, 2.45) is 0 Å². The molecule has 0 saturated carbocycles.